The van der Waals surface area contributed by atoms with Crippen LogP contribution in [0.5, 0.6) is 11.5 Å². The van der Waals surface area contributed by atoms with E-state index in [-0.39, 0.29) is 27.7 Å². The minimum Gasteiger partial charge on any atom is -0.493 e. The van der Waals surface area contributed by atoms with Crippen molar-refractivity contribution in [1.29, 1.82) is 0 Å². The number of anilines is 1. The summed E-state index contributed by atoms with van der Waals surface area (Å²) < 4.78 is 17.1. The molecule has 3 heterocycles. The van der Waals surface area contributed by atoms with Gasteiger partial charge in [-0.15, -0.1) is 0 Å². The number of rotatable bonds is 5. The van der Waals surface area contributed by atoms with Crippen LogP contribution in [0.3, 0.4) is 0 Å². The number of aromatic nitrogens is 1. The zero-order valence-electron chi connectivity index (χ0n) is 18.2. The third-order valence-corrected chi connectivity index (χ3v) is 6.05. The predicted molar refractivity (Wildman–Crippen MR) is 130 cm³/mol. The van der Waals surface area contributed by atoms with Crippen LogP contribution in [0.1, 0.15) is 34.6 Å². The number of benzene rings is 2. The van der Waals surface area contributed by atoms with Gasteiger partial charge < -0.3 is 13.9 Å². The topological polar surface area (TPSA) is 81.9 Å². The second-order valence-corrected chi connectivity index (χ2v) is 8.44. The molecular formula is C25H18Cl2N2O5. The summed E-state index contributed by atoms with van der Waals surface area (Å²) in [5.74, 6) is 0.801. The number of fused-ring (bicyclic) bond motifs is 2. The number of nitrogens with zero attached hydrogens (tertiary/aromatic N) is 2. The molecule has 0 spiro atoms. The molecule has 1 amide bonds. The molecule has 1 atom stereocenters. The van der Waals surface area contributed by atoms with Crippen LogP contribution in [-0.2, 0) is 0 Å². The van der Waals surface area contributed by atoms with E-state index in [4.69, 9.17) is 37.1 Å². The lowest BCUT2D eigenvalue weighted by molar-refractivity contribution is 0.0970. The summed E-state index contributed by atoms with van der Waals surface area (Å²) in [7, 11) is 1.53. The average molecular weight is 497 g/mol. The van der Waals surface area contributed by atoms with Gasteiger partial charge >= 0.3 is 0 Å². The van der Waals surface area contributed by atoms with Crippen molar-refractivity contribution < 1.29 is 18.7 Å². The smallest absolute Gasteiger partial charge is 0.296 e. The van der Waals surface area contributed by atoms with Crippen molar-refractivity contribution in [3.8, 4) is 11.5 Å². The van der Waals surface area contributed by atoms with E-state index in [0.29, 0.717) is 39.5 Å². The lowest BCUT2D eigenvalue weighted by Gasteiger charge is -2.25. The predicted octanol–water partition coefficient (Wildman–Crippen LogP) is 5.65. The minimum atomic E-state index is -0.819. The highest BCUT2D eigenvalue weighted by Gasteiger charge is 2.44. The fourth-order valence-corrected chi connectivity index (χ4v) is 4.42. The van der Waals surface area contributed by atoms with E-state index < -0.39 is 11.9 Å². The van der Waals surface area contributed by atoms with Gasteiger partial charge in [0.2, 0.25) is 5.76 Å². The molecular weight excluding hydrogens is 479 g/mol. The average Bonchev–Trinajstić information content (AvgIpc) is 3.13. The monoisotopic (exact) mass is 496 g/mol. The Morgan fingerprint density at radius 2 is 1.82 bits per heavy atom. The normalized spacial score (nSPS) is 15.0. The molecule has 4 aromatic rings. The van der Waals surface area contributed by atoms with Crippen molar-refractivity contribution in [3.05, 3.63) is 91.9 Å². The Labute approximate surface area is 204 Å². The van der Waals surface area contributed by atoms with Crippen molar-refractivity contribution in [2.75, 3.05) is 18.6 Å². The molecule has 172 valence electrons. The van der Waals surface area contributed by atoms with Gasteiger partial charge in [0, 0.05) is 11.2 Å². The molecule has 2 aromatic heterocycles. The standard InChI is InChI=1S/C25H18Cl2N2O5/c1-3-33-18-7-4-13(10-19(18)32-2)22-21-23(30)16-11-14(26)5-8-17(16)34-24(21)25(31)29(22)20-9-6-15(27)12-28-20/h4-12,22H,3H2,1-2H3. The van der Waals surface area contributed by atoms with Gasteiger partial charge in [-0.05, 0) is 55.0 Å². The first-order valence-electron chi connectivity index (χ1n) is 10.4. The number of methoxy groups -OCH3 is 1. The summed E-state index contributed by atoms with van der Waals surface area (Å²) in [5.41, 5.74) is 0.748. The number of ether oxygens (including phenoxy) is 2. The van der Waals surface area contributed by atoms with Gasteiger partial charge in [0.05, 0.1) is 35.7 Å². The van der Waals surface area contributed by atoms with Gasteiger partial charge in [-0.3, -0.25) is 14.5 Å². The van der Waals surface area contributed by atoms with Crippen LogP contribution >= 0.6 is 23.2 Å². The van der Waals surface area contributed by atoms with E-state index in [1.807, 2.05) is 6.92 Å². The summed E-state index contributed by atoms with van der Waals surface area (Å²) in [5, 5.41) is 1.09. The van der Waals surface area contributed by atoms with Crippen LogP contribution in [0.4, 0.5) is 5.82 Å². The van der Waals surface area contributed by atoms with Gasteiger partial charge in [-0.25, -0.2) is 4.98 Å². The van der Waals surface area contributed by atoms with Crippen molar-refractivity contribution in [2.24, 2.45) is 0 Å². The van der Waals surface area contributed by atoms with Crippen LogP contribution in [0.2, 0.25) is 10.0 Å². The second-order valence-electron chi connectivity index (χ2n) is 7.57. The maximum atomic E-state index is 13.7. The van der Waals surface area contributed by atoms with Gasteiger partial charge in [-0.1, -0.05) is 29.3 Å². The lowest BCUT2D eigenvalue weighted by Crippen LogP contribution is -2.30. The zero-order valence-corrected chi connectivity index (χ0v) is 19.7. The fraction of sp³-hybridized carbons (Fsp3) is 0.160. The Hall–Kier alpha value is -3.55. The number of hydrogen-bond acceptors (Lipinski definition) is 6. The van der Waals surface area contributed by atoms with Gasteiger partial charge in [0.1, 0.15) is 11.4 Å². The number of amides is 1. The van der Waals surface area contributed by atoms with Gasteiger partial charge in [0.25, 0.3) is 5.91 Å². The molecule has 0 fully saturated rings. The molecule has 0 saturated heterocycles. The van der Waals surface area contributed by atoms with Crippen molar-refractivity contribution in [3.63, 3.8) is 0 Å². The minimum absolute atomic E-state index is 0.0468. The lowest BCUT2D eigenvalue weighted by atomic mass is 9.98. The highest BCUT2D eigenvalue weighted by molar-refractivity contribution is 6.31. The molecule has 1 aliphatic rings. The molecule has 0 bridgehead atoms. The summed E-state index contributed by atoms with van der Waals surface area (Å²) in [6.45, 7) is 2.33. The van der Waals surface area contributed by atoms with Crippen LogP contribution in [0.15, 0.2) is 63.9 Å². The molecule has 34 heavy (non-hydrogen) atoms. The van der Waals surface area contributed by atoms with E-state index in [0.717, 1.165) is 0 Å². The van der Waals surface area contributed by atoms with Gasteiger partial charge in [0.15, 0.2) is 16.9 Å². The molecule has 5 rings (SSSR count). The van der Waals surface area contributed by atoms with E-state index in [1.165, 1.54) is 24.3 Å². The Kier molecular flexibility index (Phi) is 5.67. The molecule has 0 saturated carbocycles. The largest absolute Gasteiger partial charge is 0.493 e. The van der Waals surface area contributed by atoms with Crippen LogP contribution in [0, 0.1) is 0 Å². The maximum Gasteiger partial charge on any atom is 0.296 e. The molecule has 1 unspecified atom stereocenters. The Morgan fingerprint density at radius 1 is 1.03 bits per heavy atom. The summed E-state index contributed by atoms with van der Waals surface area (Å²) in [4.78, 5) is 33.0. The molecule has 0 radical (unpaired) electrons. The highest BCUT2D eigenvalue weighted by Crippen LogP contribution is 2.43. The second kappa shape index (κ2) is 8.66. The van der Waals surface area contributed by atoms with E-state index in [9.17, 15) is 9.59 Å². The Morgan fingerprint density at radius 3 is 2.53 bits per heavy atom. The first-order chi connectivity index (χ1) is 16.4. The Bertz CT molecular complexity index is 1480. The van der Waals surface area contributed by atoms with Crippen LogP contribution in [0.25, 0.3) is 11.0 Å². The Balaban J connectivity index is 1.78. The first-order valence-corrected chi connectivity index (χ1v) is 11.2. The van der Waals surface area contributed by atoms with Crippen molar-refractivity contribution in [1.82, 2.24) is 4.98 Å². The number of hydrogen-bond donors (Lipinski definition) is 0. The van der Waals surface area contributed by atoms with Crippen LogP contribution in [-0.4, -0.2) is 24.6 Å². The van der Waals surface area contributed by atoms with Crippen molar-refractivity contribution in [2.45, 2.75) is 13.0 Å². The summed E-state index contributed by atoms with van der Waals surface area (Å²) in [6.07, 6.45) is 1.44. The van der Waals surface area contributed by atoms with Gasteiger partial charge in [-0.2, -0.15) is 0 Å². The van der Waals surface area contributed by atoms with E-state index in [2.05, 4.69) is 4.98 Å². The molecule has 1 aliphatic heterocycles. The number of carbonyl (C=O) groups excluding carboxylic acids is 1. The number of carbonyl (C=O) groups is 1. The van der Waals surface area contributed by atoms with Crippen LogP contribution < -0.4 is 19.8 Å². The maximum absolute atomic E-state index is 13.7. The highest BCUT2D eigenvalue weighted by atomic mass is 35.5. The summed E-state index contributed by atoms with van der Waals surface area (Å²) >= 11 is 12.2. The third kappa shape index (κ3) is 3.57. The SMILES string of the molecule is CCOc1ccc(C2c3c(oc4ccc(Cl)cc4c3=O)C(=O)N2c2ccc(Cl)cn2)cc1OC. The first kappa shape index (κ1) is 22.3. The molecule has 0 aliphatic carbocycles. The quantitative estimate of drug-likeness (QED) is 0.355. The molecule has 2 aromatic carbocycles. The number of halogens is 2. The fourth-order valence-electron chi connectivity index (χ4n) is 4.14. The summed E-state index contributed by atoms with van der Waals surface area (Å²) in [6, 6.07) is 12.4. The van der Waals surface area contributed by atoms with E-state index >= 15 is 0 Å². The van der Waals surface area contributed by atoms with Crippen molar-refractivity contribution >= 4 is 45.9 Å². The number of pyridine rings is 1. The molecule has 9 heteroatoms. The zero-order chi connectivity index (χ0) is 24.0. The third-order valence-electron chi connectivity index (χ3n) is 5.59. The molecule has 7 nitrogen and oxygen atoms in total. The molecule has 0 N–H and O–H groups in total. The van der Waals surface area contributed by atoms with E-state index in [1.54, 1.807) is 42.5 Å².